The molecule has 1 aromatic carbocycles. The maximum Gasteiger partial charge on any atom is 0.0273 e. The van der Waals surface area contributed by atoms with E-state index in [0.29, 0.717) is 6.04 Å². The molecule has 1 heteroatoms. The van der Waals surface area contributed by atoms with Crippen LogP contribution in [0, 0.1) is 12.3 Å². The summed E-state index contributed by atoms with van der Waals surface area (Å²) in [7, 11) is 0. The first-order valence-corrected chi connectivity index (χ1v) is 7.06. The normalized spacial score (nSPS) is 18.7. The van der Waals surface area contributed by atoms with Gasteiger partial charge in [-0.3, -0.25) is 0 Å². The molecule has 1 unspecified atom stereocenters. The summed E-state index contributed by atoms with van der Waals surface area (Å²) in [5, 5.41) is 3.67. The lowest BCUT2D eigenvalue weighted by Crippen LogP contribution is -2.52. The van der Waals surface area contributed by atoms with Crippen molar-refractivity contribution < 1.29 is 0 Å². The minimum absolute atomic E-state index is 0.281. The number of hydrogen-bond donors (Lipinski definition) is 1. The molecule has 2 rings (SSSR count). The molecule has 18 heavy (non-hydrogen) atoms. The maximum absolute atomic E-state index is 5.56. The molecule has 0 saturated heterocycles. The third-order valence-corrected chi connectivity index (χ3v) is 4.22. The number of terminal acetylenes is 1. The van der Waals surface area contributed by atoms with Crippen molar-refractivity contribution in [3.8, 4) is 12.3 Å². The number of rotatable bonds is 6. The first-order chi connectivity index (χ1) is 8.83. The molecule has 0 spiro atoms. The average Bonchev–Trinajstić information content (AvgIpc) is 2.36. The van der Waals surface area contributed by atoms with Crippen molar-refractivity contribution in [2.24, 2.45) is 0 Å². The predicted octanol–water partition coefficient (Wildman–Crippen LogP) is 3.50. The van der Waals surface area contributed by atoms with Crippen LogP contribution in [0.2, 0.25) is 0 Å². The van der Waals surface area contributed by atoms with E-state index in [9.17, 15) is 0 Å². The zero-order valence-corrected chi connectivity index (χ0v) is 11.3. The lowest BCUT2D eigenvalue weighted by atomic mass is 9.59. The van der Waals surface area contributed by atoms with Gasteiger partial charge in [0, 0.05) is 17.9 Å². The van der Waals surface area contributed by atoms with Crippen LogP contribution in [-0.2, 0) is 5.41 Å². The fourth-order valence-electron chi connectivity index (χ4n) is 3.07. The van der Waals surface area contributed by atoms with Gasteiger partial charge in [-0.25, -0.2) is 0 Å². The smallest absolute Gasteiger partial charge is 0.0273 e. The van der Waals surface area contributed by atoms with Crippen molar-refractivity contribution in [2.45, 2.75) is 50.5 Å². The van der Waals surface area contributed by atoms with Crippen molar-refractivity contribution in [1.82, 2.24) is 5.32 Å². The molecule has 0 heterocycles. The highest BCUT2D eigenvalue weighted by atomic mass is 14.9. The van der Waals surface area contributed by atoms with E-state index in [-0.39, 0.29) is 5.41 Å². The second kappa shape index (κ2) is 6.07. The van der Waals surface area contributed by atoms with Gasteiger partial charge in [-0.15, -0.1) is 12.3 Å². The van der Waals surface area contributed by atoms with Gasteiger partial charge < -0.3 is 5.32 Å². The van der Waals surface area contributed by atoms with Gasteiger partial charge in [-0.05, 0) is 31.4 Å². The Balaban J connectivity index is 2.21. The Morgan fingerprint density at radius 3 is 2.56 bits per heavy atom. The summed E-state index contributed by atoms with van der Waals surface area (Å²) in [6, 6.07) is 11.3. The maximum atomic E-state index is 5.56. The van der Waals surface area contributed by atoms with E-state index in [2.05, 4.69) is 48.5 Å². The Hall–Kier alpha value is -1.26. The van der Waals surface area contributed by atoms with Crippen LogP contribution in [0.5, 0.6) is 0 Å². The highest BCUT2D eigenvalue weighted by molar-refractivity contribution is 5.31. The van der Waals surface area contributed by atoms with Gasteiger partial charge in [-0.1, -0.05) is 43.7 Å². The Morgan fingerprint density at radius 2 is 2.06 bits per heavy atom. The van der Waals surface area contributed by atoms with E-state index < -0.39 is 0 Å². The molecule has 0 aromatic heterocycles. The molecule has 1 N–H and O–H groups in total. The van der Waals surface area contributed by atoms with Crippen molar-refractivity contribution in [3.63, 3.8) is 0 Å². The van der Waals surface area contributed by atoms with Crippen molar-refractivity contribution in [1.29, 1.82) is 0 Å². The third-order valence-electron chi connectivity index (χ3n) is 4.22. The summed E-state index contributed by atoms with van der Waals surface area (Å²) in [6.45, 7) is 3.26. The zero-order chi connectivity index (χ0) is 12.8. The quantitative estimate of drug-likeness (QED) is 0.752. The molecular weight excluding hydrogens is 218 g/mol. The summed E-state index contributed by atoms with van der Waals surface area (Å²) in [5.74, 6) is 2.86. The molecule has 0 bridgehead atoms. The highest BCUT2D eigenvalue weighted by Crippen LogP contribution is 2.47. The van der Waals surface area contributed by atoms with Gasteiger partial charge in [0.25, 0.3) is 0 Å². The SMILES string of the molecule is C#CCC(NCCC)C1(c2ccccc2)CCC1. The van der Waals surface area contributed by atoms with E-state index in [1.807, 2.05) is 0 Å². The van der Waals surface area contributed by atoms with Crippen LogP contribution in [0.4, 0.5) is 0 Å². The molecule has 1 fully saturated rings. The van der Waals surface area contributed by atoms with Crippen LogP contribution in [-0.4, -0.2) is 12.6 Å². The van der Waals surface area contributed by atoms with Crippen LogP contribution in [0.3, 0.4) is 0 Å². The van der Waals surface area contributed by atoms with Crippen LogP contribution in [0.1, 0.15) is 44.6 Å². The molecule has 0 radical (unpaired) electrons. The lowest BCUT2D eigenvalue weighted by molar-refractivity contribution is 0.171. The minimum atomic E-state index is 0.281. The fourth-order valence-corrected chi connectivity index (χ4v) is 3.07. The molecule has 1 nitrogen and oxygen atoms in total. The van der Waals surface area contributed by atoms with E-state index in [1.54, 1.807) is 0 Å². The zero-order valence-electron chi connectivity index (χ0n) is 11.3. The molecular formula is C17H23N. The van der Waals surface area contributed by atoms with Gasteiger partial charge in [0.15, 0.2) is 0 Å². The molecule has 1 aliphatic rings. The third kappa shape index (κ3) is 2.44. The second-order valence-corrected chi connectivity index (χ2v) is 5.29. The Bertz CT molecular complexity index is 397. The predicted molar refractivity (Wildman–Crippen MR) is 77.5 cm³/mol. The van der Waals surface area contributed by atoms with Crippen molar-refractivity contribution in [2.75, 3.05) is 6.54 Å². The topological polar surface area (TPSA) is 12.0 Å². The summed E-state index contributed by atoms with van der Waals surface area (Å²) < 4.78 is 0. The van der Waals surface area contributed by atoms with Crippen LogP contribution in [0.15, 0.2) is 30.3 Å². The lowest BCUT2D eigenvalue weighted by Gasteiger charge is -2.48. The Labute approximate surface area is 111 Å². The Morgan fingerprint density at radius 1 is 1.33 bits per heavy atom. The van der Waals surface area contributed by atoms with Gasteiger partial charge in [0.05, 0.1) is 0 Å². The first-order valence-electron chi connectivity index (χ1n) is 7.06. The standard InChI is InChI=1S/C17H23N/c1-3-9-16(18-14-4-2)17(12-8-13-17)15-10-6-5-7-11-15/h1,5-7,10-11,16,18H,4,8-9,12-14H2,2H3. The van der Waals surface area contributed by atoms with Crippen molar-refractivity contribution >= 4 is 0 Å². The van der Waals surface area contributed by atoms with E-state index >= 15 is 0 Å². The number of nitrogens with one attached hydrogen (secondary N) is 1. The summed E-state index contributed by atoms with van der Waals surface area (Å²) in [6.07, 6.45) is 11.4. The molecule has 1 aliphatic carbocycles. The van der Waals surface area contributed by atoms with Gasteiger partial charge in [0.2, 0.25) is 0 Å². The first kappa shape index (κ1) is 13.2. The molecule has 1 saturated carbocycles. The molecule has 96 valence electrons. The van der Waals surface area contributed by atoms with E-state index in [1.165, 1.54) is 24.8 Å². The van der Waals surface area contributed by atoms with Crippen LogP contribution < -0.4 is 5.32 Å². The van der Waals surface area contributed by atoms with Crippen molar-refractivity contribution in [3.05, 3.63) is 35.9 Å². The largest absolute Gasteiger partial charge is 0.312 e. The van der Waals surface area contributed by atoms with Crippen LogP contribution in [0.25, 0.3) is 0 Å². The molecule has 1 atom stereocenters. The van der Waals surface area contributed by atoms with Crippen LogP contribution >= 0.6 is 0 Å². The van der Waals surface area contributed by atoms with Gasteiger partial charge in [-0.2, -0.15) is 0 Å². The van der Waals surface area contributed by atoms with E-state index in [4.69, 9.17) is 6.42 Å². The molecule has 0 amide bonds. The summed E-state index contributed by atoms with van der Waals surface area (Å²) in [4.78, 5) is 0. The summed E-state index contributed by atoms with van der Waals surface area (Å²) in [5.41, 5.74) is 1.74. The minimum Gasteiger partial charge on any atom is -0.312 e. The van der Waals surface area contributed by atoms with Gasteiger partial charge in [0.1, 0.15) is 0 Å². The van der Waals surface area contributed by atoms with Gasteiger partial charge >= 0.3 is 0 Å². The average molecular weight is 241 g/mol. The number of hydrogen-bond acceptors (Lipinski definition) is 1. The summed E-state index contributed by atoms with van der Waals surface area (Å²) >= 11 is 0. The Kier molecular flexibility index (Phi) is 4.44. The second-order valence-electron chi connectivity index (χ2n) is 5.29. The molecule has 1 aromatic rings. The molecule has 0 aliphatic heterocycles. The fraction of sp³-hybridized carbons (Fsp3) is 0.529. The monoisotopic (exact) mass is 241 g/mol. The number of benzene rings is 1. The highest BCUT2D eigenvalue weighted by Gasteiger charge is 2.44. The van der Waals surface area contributed by atoms with E-state index in [0.717, 1.165) is 19.4 Å².